The number of carbonyl (C=O) groups excluding carboxylic acids is 1. The zero-order chi connectivity index (χ0) is 14.0. The highest BCUT2D eigenvalue weighted by Gasteiger charge is 2.26. The van der Waals surface area contributed by atoms with Crippen LogP contribution in [0.4, 0.5) is 0 Å². The summed E-state index contributed by atoms with van der Waals surface area (Å²) in [6.07, 6.45) is 1.31. The second-order valence-electron chi connectivity index (χ2n) is 4.55. The van der Waals surface area contributed by atoms with Crippen LogP contribution < -0.4 is 5.32 Å². The lowest BCUT2D eigenvalue weighted by atomic mass is 10.1. The Labute approximate surface area is 129 Å². The van der Waals surface area contributed by atoms with Crippen LogP contribution in [-0.2, 0) is 9.84 Å². The second-order valence-corrected chi connectivity index (χ2v) is 8.55. The van der Waals surface area contributed by atoms with Crippen LogP contribution in [0, 0.1) is 0 Å². The number of hydrogen-bond acceptors (Lipinski definition) is 3. The molecule has 2 rings (SSSR count). The molecule has 1 aromatic carbocycles. The lowest BCUT2D eigenvalue weighted by Gasteiger charge is -2.23. The van der Waals surface area contributed by atoms with Crippen LogP contribution in [0.2, 0.25) is 0 Å². The monoisotopic (exact) mass is 409 g/mol. The highest BCUT2D eigenvalue weighted by atomic mass is 79.9. The third-order valence-corrected chi connectivity index (χ3v) is 5.98. The van der Waals surface area contributed by atoms with Gasteiger partial charge in [0.2, 0.25) is 0 Å². The minimum Gasteiger partial charge on any atom is -0.348 e. The van der Waals surface area contributed by atoms with E-state index in [4.69, 9.17) is 0 Å². The predicted molar refractivity (Wildman–Crippen MR) is 81.0 cm³/mol. The summed E-state index contributed by atoms with van der Waals surface area (Å²) in [6.45, 7) is 0. The quantitative estimate of drug-likeness (QED) is 0.814. The number of benzene rings is 1. The maximum absolute atomic E-state index is 12.1. The average molecular weight is 411 g/mol. The number of hydrogen-bond donors (Lipinski definition) is 1. The third-order valence-electron chi connectivity index (χ3n) is 2.97. The van der Waals surface area contributed by atoms with Crippen LogP contribution >= 0.6 is 31.9 Å². The Kier molecular flexibility index (Phi) is 4.68. The molecule has 1 aliphatic heterocycles. The summed E-state index contributed by atoms with van der Waals surface area (Å²) in [4.78, 5) is 12.1. The lowest BCUT2D eigenvalue weighted by molar-refractivity contribution is 0.0937. The van der Waals surface area contributed by atoms with E-state index in [1.807, 2.05) is 6.07 Å². The van der Waals surface area contributed by atoms with E-state index in [2.05, 4.69) is 37.2 Å². The molecular formula is C12H13Br2NO3S. The molecule has 0 aliphatic carbocycles. The van der Waals surface area contributed by atoms with E-state index >= 15 is 0 Å². The highest BCUT2D eigenvalue weighted by Crippen LogP contribution is 2.22. The van der Waals surface area contributed by atoms with E-state index in [-0.39, 0.29) is 23.5 Å². The standard InChI is InChI=1S/C12H13Br2NO3S/c13-8-3-4-11(14)10(6-8)12(16)15-9-2-1-5-19(17,18)7-9/h3-4,6,9H,1-2,5,7H2,(H,15,16). The van der Waals surface area contributed by atoms with Crippen molar-refractivity contribution in [2.45, 2.75) is 18.9 Å². The van der Waals surface area contributed by atoms with Crippen molar-refractivity contribution in [2.75, 3.05) is 11.5 Å². The molecule has 1 saturated heterocycles. The molecule has 19 heavy (non-hydrogen) atoms. The van der Waals surface area contributed by atoms with Crippen molar-refractivity contribution in [3.05, 3.63) is 32.7 Å². The number of carbonyl (C=O) groups is 1. The molecule has 0 saturated carbocycles. The molecule has 0 aromatic heterocycles. The zero-order valence-electron chi connectivity index (χ0n) is 10.0. The summed E-state index contributed by atoms with van der Waals surface area (Å²) >= 11 is 6.63. The van der Waals surface area contributed by atoms with Crippen molar-refractivity contribution in [3.8, 4) is 0 Å². The van der Waals surface area contributed by atoms with Gasteiger partial charge in [-0.25, -0.2) is 8.42 Å². The SMILES string of the molecule is O=C(NC1CCCS(=O)(=O)C1)c1cc(Br)ccc1Br. The molecule has 1 aliphatic rings. The molecule has 0 bridgehead atoms. The Hall–Kier alpha value is -0.400. The van der Waals surface area contributed by atoms with Crippen LogP contribution in [0.25, 0.3) is 0 Å². The molecule has 1 aromatic rings. The largest absolute Gasteiger partial charge is 0.348 e. The first-order chi connectivity index (χ1) is 8.87. The van der Waals surface area contributed by atoms with Gasteiger partial charge in [0.1, 0.15) is 0 Å². The number of nitrogens with one attached hydrogen (secondary N) is 1. The second kappa shape index (κ2) is 5.93. The van der Waals surface area contributed by atoms with Crippen molar-refractivity contribution in [1.82, 2.24) is 5.32 Å². The molecule has 1 heterocycles. The number of rotatable bonds is 2. The van der Waals surface area contributed by atoms with Crippen LogP contribution in [0.1, 0.15) is 23.2 Å². The first-order valence-electron chi connectivity index (χ1n) is 5.84. The van der Waals surface area contributed by atoms with Crippen molar-refractivity contribution in [3.63, 3.8) is 0 Å². The van der Waals surface area contributed by atoms with E-state index in [0.717, 1.165) is 4.47 Å². The summed E-state index contributed by atoms with van der Waals surface area (Å²) in [6, 6.07) is 5.01. The molecule has 0 radical (unpaired) electrons. The van der Waals surface area contributed by atoms with Crippen molar-refractivity contribution in [2.24, 2.45) is 0 Å². The van der Waals surface area contributed by atoms with Crippen LogP contribution in [0.5, 0.6) is 0 Å². The summed E-state index contributed by atoms with van der Waals surface area (Å²) in [5.74, 6) is -0.0000969. The molecule has 1 atom stereocenters. The number of halogens is 2. The predicted octanol–water partition coefficient (Wildman–Crippen LogP) is 2.52. The molecule has 7 heteroatoms. The van der Waals surface area contributed by atoms with E-state index in [1.165, 1.54) is 0 Å². The fourth-order valence-electron chi connectivity index (χ4n) is 2.07. The summed E-state index contributed by atoms with van der Waals surface area (Å²) < 4.78 is 24.6. The fraction of sp³-hybridized carbons (Fsp3) is 0.417. The first-order valence-corrected chi connectivity index (χ1v) is 9.24. The Morgan fingerprint density at radius 3 is 2.74 bits per heavy atom. The molecule has 1 amide bonds. The van der Waals surface area contributed by atoms with Crippen LogP contribution in [0.15, 0.2) is 27.1 Å². The smallest absolute Gasteiger partial charge is 0.252 e. The molecule has 4 nitrogen and oxygen atoms in total. The van der Waals surface area contributed by atoms with E-state index in [0.29, 0.717) is 22.9 Å². The van der Waals surface area contributed by atoms with E-state index < -0.39 is 9.84 Å². The Balaban J connectivity index is 2.11. The summed E-state index contributed by atoms with van der Waals surface area (Å²) in [5.41, 5.74) is 0.498. The van der Waals surface area contributed by atoms with Crippen LogP contribution in [-0.4, -0.2) is 31.9 Å². The van der Waals surface area contributed by atoms with Crippen molar-refractivity contribution < 1.29 is 13.2 Å². The van der Waals surface area contributed by atoms with Gasteiger partial charge in [-0.3, -0.25) is 4.79 Å². The van der Waals surface area contributed by atoms with E-state index in [9.17, 15) is 13.2 Å². The van der Waals surface area contributed by atoms with Crippen LogP contribution in [0.3, 0.4) is 0 Å². The topological polar surface area (TPSA) is 63.2 Å². The molecule has 1 N–H and O–H groups in total. The van der Waals surface area contributed by atoms with Gasteiger partial charge < -0.3 is 5.32 Å². The zero-order valence-corrected chi connectivity index (χ0v) is 14.0. The molecule has 1 fully saturated rings. The van der Waals surface area contributed by atoms with Gasteiger partial charge in [-0.1, -0.05) is 15.9 Å². The van der Waals surface area contributed by atoms with Gasteiger partial charge in [0.25, 0.3) is 5.91 Å². The Morgan fingerprint density at radius 2 is 2.05 bits per heavy atom. The van der Waals surface area contributed by atoms with Gasteiger partial charge in [0.15, 0.2) is 9.84 Å². The van der Waals surface area contributed by atoms with Gasteiger partial charge >= 0.3 is 0 Å². The first kappa shape index (κ1) is 15.0. The van der Waals surface area contributed by atoms with Crippen molar-refractivity contribution >= 4 is 47.6 Å². The average Bonchev–Trinajstić information content (AvgIpc) is 2.31. The summed E-state index contributed by atoms with van der Waals surface area (Å²) in [5, 5.41) is 2.79. The van der Waals surface area contributed by atoms with Gasteiger partial charge in [-0.05, 0) is 47.0 Å². The van der Waals surface area contributed by atoms with Gasteiger partial charge in [0, 0.05) is 15.0 Å². The molecule has 104 valence electrons. The van der Waals surface area contributed by atoms with Gasteiger partial charge in [-0.2, -0.15) is 0 Å². The van der Waals surface area contributed by atoms with Gasteiger partial charge in [-0.15, -0.1) is 0 Å². The van der Waals surface area contributed by atoms with Crippen molar-refractivity contribution in [1.29, 1.82) is 0 Å². The summed E-state index contributed by atoms with van der Waals surface area (Å²) in [7, 11) is -3.01. The number of amides is 1. The molecule has 0 spiro atoms. The Bertz CT molecular complexity index is 601. The highest BCUT2D eigenvalue weighted by molar-refractivity contribution is 9.11. The minimum absolute atomic E-state index is 0.0321. The van der Waals surface area contributed by atoms with Gasteiger partial charge in [0.05, 0.1) is 17.1 Å². The maximum atomic E-state index is 12.1. The Morgan fingerprint density at radius 1 is 1.32 bits per heavy atom. The van der Waals surface area contributed by atoms with E-state index in [1.54, 1.807) is 12.1 Å². The normalized spacial score (nSPS) is 21.9. The number of sulfone groups is 1. The minimum atomic E-state index is -3.01. The fourth-order valence-corrected chi connectivity index (χ4v) is 4.50. The third kappa shape index (κ3) is 4.03. The lowest BCUT2D eigenvalue weighted by Crippen LogP contribution is -2.43. The molecule has 1 unspecified atom stereocenters. The maximum Gasteiger partial charge on any atom is 0.252 e. The molecular weight excluding hydrogens is 398 g/mol.